The largest absolute Gasteiger partial charge is 0.435 e. The van der Waals surface area contributed by atoms with E-state index in [1.165, 1.54) is 5.56 Å². The van der Waals surface area contributed by atoms with Crippen molar-refractivity contribution in [3.05, 3.63) is 47.8 Å². The minimum absolute atomic E-state index is 0.00226. The Kier molecular flexibility index (Phi) is 6.35. The van der Waals surface area contributed by atoms with Crippen molar-refractivity contribution < 1.29 is 13.5 Å². The molecule has 2 heterocycles. The third-order valence-corrected chi connectivity index (χ3v) is 5.27. The van der Waals surface area contributed by atoms with Gasteiger partial charge in [-0.2, -0.15) is 13.9 Å². The summed E-state index contributed by atoms with van der Waals surface area (Å²) in [7, 11) is 0. The van der Waals surface area contributed by atoms with Gasteiger partial charge in [-0.3, -0.25) is 14.5 Å². The Labute approximate surface area is 165 Å². The molecule has 0 N–H and O–H groups in total. The third-order valence-electron chi connectivity index (χ3n) is 5.27. The van der Waals surface area contributed by atoms with Crippen LogP contribution in [0.25, 0.3) is 0 Å². The second-order valence-corrected chi connectivity index (χ2v) is 8.40. The molecule has 1 unspecified atom stereocenters. The average molecular weight is 392 g/mol. The number of piperazine rings is 1. The molecule has 1 saturated heterocycles. The molecule has 3 rings (SSSR count). The predicted octanol–water partition coefficient (Wildman–Crippen LogP) is 4.12. The van der Waals surface area contributed by atoms with Crippen LogP contribution in [-0.2, 0) is 12.1 Å². The summed E-state index contributed by atoms with van der Waals surface area (Å²) < 4.78 is 31.0. The van der Waals surface area contributed by atoms with Gasteiger partial charge in [0.15, 0.2) is 0 Å². The molecule has 1 fully saturated rings. The quantitative estimate of drug-likeness (QED) is 0.741. The van der Waals surface area contributed by atoms with E-state index in [0.717, 1.165) is 38.3 Å². The number of nitrogens with zero attached hydrogens (tertiary/aromatic N) is 4. The second kappa shape index (κ2) is 8.57. The number of benzene rings is 1. The monoisotopic (exact) mass is 392 g/mol. The summed E-state index contributed by atoms with van der Waals surface area (Å²) in [5.41, 5.74) is 2.36. The topological polar surface area (TPSA) is 33.5 Å². The minimum Gasteiger partial charge on any atom is -0.435 e. The van der Waals surface area contributed by atoms with Crippen molar-refractivity contribution in [3.63, 3.8) is 0 Å². The maximum atomic E-state index is 12.3. The van der Waals surface area contributed by atoms with Gasteiger partial charge < -0.3 is 4.74 Å². The first kappa shape index (κ1) is 20.7. The lowest BCUT2D eigenvalue weighted by atomic mass is 10.1. The number of rotatable bonds is 6. The van der Waals surface area contributed by atoms with Gasteiger partial charge in [-0.1, -0.05) is 12.1 Å². The number of hydrogen-bond donors (Lipinski definition) is 0. The van der Waals surface area contributed by atoms with Crippen LogP contribution >= 0.6 is 0 Å². The van der Waals surface area contributed by atoms with E-state index in [9.17, 15) is 8.78 Å². The summed E-state index contributed by atoms with van der Waals surface area (Å²) in [6, 6.07) is 7.21. The van der Waals surface area contributed by atoms with Crippen LogP contribution in [0.5, 0.6) is 5.75 Å². The van der Waals surface area contributed by atoms with E-state index in [2.05, 4.69) is 53.5 Å². The predicted molar refractivity (Wildman–Crippen MR) is 106 cm³/mol. The zero-order valence-electron chi connectivity index (χ0n) is 17.1. The first-order valence-electron chi connectivity index (χ1n) is 9.77. The Bertz CT molecular complexity index is 747. The Morgan fingerprint density at radius 2 is 1.71 bits per heavy atom. The van der Waals surface area contributed by atoms with Gasteiger partial charge in [0.2, 0.25) is 0 Å². The van der Waals surface area contributed by atoms with Gasteiger partial charge in [-0.15, -0.1) is 0 Å². The molecule has 7 heteroatoms. The Hall–Kier alpha value is -1.99. The summed E-state index contributed by atoms with van der Waals surface area (Å²) in [4.78, 5) is 4.88. The highest BCUT2D eigenvalue weighted by molar-refractivity contribution is 5.29. The lowest BCUT2D eigenvalue weighted by Gasteiger charge is -2.38. The lowest BCUT2D eigenvalue weighted by molar-refractivity contribution is -0.0498. The smallest absolute Gasteiger partial charge is 0.387 e. The van der Waals surface area contributed by atoms with Crippen molar-refractivity contribution in [2.75, 3.05) is 26.2 Å². The molecule has 5 nitrogen and oxygen atoms in total. The van der Waals surface area contributed by atoms with Crippen LogP contribution in [0.15, 0.2) is 36.7 Å². The van der Waals surface area contributed by atoms with Crippen LogP contribution in [0.4, 0.5) is 8.78 Å². The number of halogens is 2. The van der Waals surface area contributed by atoms with Crippen molar-refractivity contribution >= 4 is 0 Å². The van der Waals surface area contributed by atoms with Crippen LogP contribution in [-0.4, -0.2) is 52.4 Å². The standard InChI is InChI=1S/C21H30F2N4O/c1-16(18-5-7-19(8-6-18)28-20(22)23)26-11-9-25(10-12-26)14-17-13-24-27(15-17)21(2,3)4/h5-8,13,15-16,20H,9-12,14H2,1-4H3. The first-order valence-corrected chi connectivity index (χ1v) is 9.77. The van der Waals surface area contributed by atoms with Gasteiger partial charge in [0.25, 0.3) is 0 Å². The molecule has 0 aliphatic carbocycles. The van der Waals surface area contributed by atoms with E-state index in [1.54, 1.807) is 12.1 Å². The zero-order valence-corrected chi connectivity index (χ0v) is 17.1. The number of aromatic nitrogens is 2. The van der Waals surface area contributed by atoms with E-state index in [-0.39, 0.29) is 17.3 Å². The van der Waals surface area contributed by atoms with Crippen LogP contribution in [0.3, 0.4) is 0 Å². The molecule has 1 aromatic heterocycles. The normalized spacial score (nSPS) is 17.8. The van der Waals surface area contributed by atoms with Crippen molar-refractivity contribution in [1.82, 2.24) is 19.6 Å². The molecule has 0 amide bonds. The number of ether oxygens (including phenoxy) is 1. The molecular weight excluding hydrogens is 362 g/mol. The molecule has 2 aromatic rings. The molecule has 0 saturated carbocycles. The van der Waals surface area contributed by atoms with Gasteiger partial charge in [0, 0.05) is 50.5 Å². The molecule has 1 atom stereocenters. The Balaban J connectivity index is 1.51. The van der Waals surface area contributed by atoms with Crippen molar-refractivity contribution in [1.29, 1.82) is 0 Å². The molecule has 1 aliphatic heterocycles. The Morgan fingerprint density at radius 1 is 1.07 bits per heavy atom. The highest BCUT2D eigenvalue weighted by Crippen LogP contribution is 2.25. The Morgan fingerprint density at radius 3 is 2.25 bits per heavy atom. The van der Waals surface area contributed by atoms with E-state index in [4.69, 9.17) is 0 Å². The fourth-order valence-corrected chi connectivity index (χ4v) is 3.51. The van der Waals surface area contributed by atoms with Crippen molar-refractivity contribution in [3.8, 4) is 5.75 Å². The van der Waals surface area contributed by atoms with Gasteiger partial charge in [0.05, 0.1) is 11.7 Å². The van der Waals surface area contributed by atoms with E-state index < -0.39 is 6.61 Å². The molecular formula is C21H30F2N4O. The zero-order chi connectivity index (χ0) is 20.3. The lowest BCUT2D eigenvalue weighted by Crippen LogP contribution is -2.46. The highest BCUT2D eigenvalue weighted by Gasteiger charge is 2.23. The maximum absolute atomic E-state index is 12.3. The van der Waals surface area contributed by atoms with E-state index in [1.807, 2.05) is 23.0 Å². The van der Waals surface area contributed by atoms with Crippen LogP contribution in [0.1, 0.15) is 44.9 Å². The molecule has 1 aliphatic rings. The molecule has 0 bridgehead atoms. The number of hydrogen-bond acceptors (Lipinski definition) is 4. The summed E-state index contributed by atoms with van der Waals surface area (Å²) in [5.74, 6) is 0.201. The summed E-state index contributed by atoms with van der Waals surface area (Å²) in [5, 5.41) is 4.48. The van der Waals surface area contributed by atoms with Crippen molar-refractivity contribution in [2.24, 2.45) is 0 Å². The third kappa shape index (κ3) is 5.29. The minimum atomic E-state index is -2.79. The number of alkyl halides is 2. The summed E-state index contributed by atoms with van der Waals surface area (Å²) in [6.45, 7) is 10.7. The van der Waals surface area contributed by atoms with Crippen molar-refractivity contribution in [2.45, 2.75) is 52.4 Å². The summed E-state index contributed by atoms with van der Waals surface area (Å²) in [6.07, 6.45) is 4.10. The molecule has 28 heavy (non-hydrogen) atoms. The van der Waals surface area contributed by atoms with Crippen LogP contribution in [0.2, 0.25) is 0 Å². The first-order chi connectivity index (χ1) is 13.2. The molecule has 0 radical (unpaired) electrons. The molecule has 0 spiro atoms. The van der Waals surface area contributed by atoms with E-state index >= 15 is 0 Å². The van der Waals surface area contributed by atoms with Gasteiger partial charge in [-0.05, 0) is 45.4 Å². The van der Waals surface area contributed by atoms with Crippen LogP contribution in [0, 0.1) is 0 Å². The molecule has 1 aromatic carbocycles. The highest BCUT2D eigenvalue weighted by atomic mass is 19.3. The maximum Gasteiger partial charge on any atom is 0.387 e. The fraction of sp³-hybridized carbons (Fsp3) is 0.571. The van der Waals surface area contributed by atoms with Gasteiger partial charge in [-0.25, -0.2) is 0 Å². The summed E-state index contributed by atoms with van der Waals surface area (Å²) >= 11 is 0. The fourth-order valence-electron chi connectivity index (χ4n) is 3.51. The van der Waals surface area contributed by atoms with Crippen LogP contribution < -0.4 is 4.74 Å². The van der Waals surface area contributed by atoms with E-state index in [0.29, 0.717) is 0 Å². The molecule has 154 valence electrons. The SMILES string of the molecule is CC(c1ccc(OC(F)F)cc1)N1CCN(Cc2cnn(C(C)(C)C)c2)CC1. The van der Waals surface area contributed by atoms with Gasteiger partial charge >= 0.3 is 6.61 Å². The van der Waals surface area contributed by atoms with Gasteiger partial charge in [0.1, 0.15) is 5.75 Å². The average Bonchev–Trinajstić information content (AvgIpc) is 3.11. The second-order valence-electron chi connectivity index (χ2n) is 8.40.